The van der Waals surface area contributed by atoms with E-state index in [1.807, 2.05) is 0 Å². The van der Waals surface area contributed by atoms with E-state index in [0.29, 0.717) is 28.1 Å². The largest absolute Gasteiger partial charge is 0.338 e. The molecule has 1 aromatic rings. The highest BCUT2D eigenvalue weighted by atomic mass is 79.9. The maximum absolute atomic E-state index is 12.6. The topological polar surface area (TPSA) is 54.5 Å². The second-order valence-corrected chi connectivity index (χ2v) is 8.78. The van der Waals surface area contributed by atoms with Crippen LogP contribution >= 0.6 is 26.6 Å². The number of amides is 1. The molecule has 0 N–H and O–H groups in total. The van der Waals surface area contributed by atoms with E-state index in [-0.39, 0.29) is 10.8 Å². The molecule has 1 unspecified atom stereocenters. The van der Waals surface area contributed by atoms with Gasteiger partial charge in [0.15, 0.2) is 0 Å². The fraction of sp³-hybridized carbons (Fsp3) is 0.500. The Morgan fingerprint density at radius 3 is 2.67 bits per heavy atom. The van der Waals surface area contributed by atoms with Gasteiger partial charge in [0.1, 0.15) is 0 Å². The maximum Gasteiger partial charge on any atom is 0.261 e. The highest BCUT2D eigenvalue weighted by Gasteiger charge is 2.28. The Hall–Kier alpha value is -0.590. The number of carbonyl (C=O) groups excluding carboxylic acids is 1. The minimum atomic E-state index is -3.88. The molecular formula is C14H17BrClNO3S. The van der Waals surface area contributed by atoms with E-state index in [9.17, 15) is 13.2 Å². The maximum atomic E-state index is 12.6. The quantitative estimate of drug-likeness (QED) is 0.737. The average molecular weight is 395 g/mol. The van der Waals surface area contributed by atoms with Crippen LogP contribution in [0.4, 0.5) is 0 Å². The van der Waals surface area contributed by atoms with Crippen molar-refractivity contribution in [1.29, 1.82) is 0 Å². The summed E-state index contributed by atoms with van der Waals surface area (Å²) < 4.78 is 23.8. The molecule has 116 valence electrons. The first kappa shape index (κ1) is 16.8. The summed E-state index contributed by atoms with van der Waals surface area (Å²) in [7, 11) is 1.56. The molecule has 0 aliphatic carbocycles. The number of hydrogen-bond donors (Lipinski definition) is 0. The number of rotatable bonds is 3. The van der Waals surface area contributed by atoms with Crippen LogP contribution in [0.25, 0.3) is 0 Å². The lowest BCUT2D eigenvalue weighted by atomic mass is 10.1. The number of carbonyl (C=O) groups is 1. The molecule has 0 spiro atoms. The predicted molar refractivity (Wildman–Crippen MR) is 86.2 cm³/mol. The van der Waals surface area contributed by atoms with Crippen molar-refractivity contribution < 1.29 is 13.2 Å². The lowest BCUT2D eigenvalue weighted by Crippen LogP contribution is -2.29. The number of likely N-dealkylation sites (tertiary alicyclic amines) is 1. The molecule has 1 aliphatic heterocycles. The Labute approximate surface area is 138 Å². The van der Waals surface area contributed by atoms with Gasteiger partial charge in [-0.15, -0.1) is 0 Å². The minimum absolute atomic E-state index is 0.0202. The normalized spacial score (nSPS) is 19.0. The van der Waals surface area contributed by atoms with Crippen molar-refractivity contribution >= 4 is 41.6 Å². The van der Waals surface area contributed by atoms with Crippen molar-refractivity contribution in [2.45, 2.75) is 31.6 Å². The van der Waals surface area contributed by atoms with Crippen molar-refractivity contribution in [3.05, 3.63) is 27.7 Å². The Morgan fingerprint density at radius 1 is 1.48 bits per heavy atom. The lowest BCUT2D eigenvalue weighted by Gasteiger charge is -2.19. The van der Waals surface area contributed by atoms with Crippen LogP contribution in [-0.4, -0.2) is 32.3 Å². The third kappa shape index (κ3) is 3.60. The first-order valence-corrected chi connectivity index (χ1v) is 9.88. The summed E-state index contributed by atoms with van der Waals surface area (Å²) in [5, 5.41) is 0. The molecule has 0 bridgehead atoms. The van der Waals surface area contributed by atoms with Gasteiger partial charge in [-0.3, -0.25) is 4.79 Å². The second kappa shape index (κ2) is 6.26. The molecule has 1 aliphatic rings. The van der Waals surface area contributed by atoms with E-state index in [1.54, 1.807) is 17.9 Å². The molecule has 1 amide bonds. The van der Waals surface area contributed by atoms with Crippen LogP contribution in [0.3, 0.4) is 0 Å². The molecular weight excluding hydrogens is 378 g/mol. The molecule has 1 fully saturated rings. The molecule has 1 atom stereocenters. The molecule has 0 aromatic heterocycles. The van der Waals surface area contributed by atoms with E-state index < -0.39 is 9.05 Å². The monoisotopic (exact) mass is 393 g/mol. The SMILES string of the molecule is CCC1CCN(C(=O)c2cc(Br)cc(S(=O)(=O)Cl)c2C)C1. The van der Waals surface area contributed by atoms with Gasteiger partial charge in [0.05, 0.1) is 4.90 Å². The van der Waals surface area contributed by atoms with Crippen molar-refractivity contribution in [2.24, 2.45) is 5.92 Å². The smallest absolute Gasteiger partial charge is 0.261 e. The van der Waals surface area contributed by atoms with Crippen LogP contribution in [0.2, 0.25) is 0 Å². The second-order valence-electron chi connectivity index (χ2n) is 5.33. The lowest BCUT2D eigenvalue weighted by molar-refractivity contribution is 0.0786. The first-order valence-electron chi connectivity index (χ1n) is 6.78. The third-order valence-corrected chi connectivity index (χ3v) is 5.87. The van der Waals surface area contributed by atoms with Crippen LogP contribution in [0.5, 0.6) is 0 Å². The van der Waals surface area contributed by atoms with Gasteiger partial charge in [0.25, 0.3) is 15.0 Å². The van der Waals surface area contributed by atoms with Crippen LogP contribution in [0.15, 0.2) is 21.5 Å². The van der Waals surface area contributed by atoms with Crippen molar-refractivity contribution in [3.8, 4) is 0 Å². The first-order chi connectivity index (χ1) is 9.74. The molecule has 1 saturated heterocycles. The van der Waals surface area contributed by atoms with Gasteiger partial charge >= 0.3 is 0 Å². The molecule has 7 heteroatoms. The molecule has 4 nitrogen and oxygen atoms in total. The van der Waals surface area contributed by atoms with E-state index >= 15 is 0 Å². The molecule has 2 rings (SSSR count). The van der Waals surface area contributed by atoms with Crippen LogP contribution in [0.1, 0.15) is 35.7 Å². The third-order valence-electron chi connectivity index (χ3n) is 3.97. The zero-order valence-electron chi connectivity index (χ0n) is 11.9. The summed E-state index contributed by atoms with van der Waals surface area (Å²) in [4.78, 5) is 14.4. The summed E-state index contributed by atoms with van der Waals surface area (Å²) in [5.74, 6) is 0.393. The summed E-state index contributed by atoms with van der Waals surface area (Å²) in [6.45, 7) is 5.17. The predicted octanol–water partition coefficient (Wildman–Crippen LogP) is 3.56. The van der Waals surface area contributed by atoms with E-state index in [1.165, 1.54) is 6.07 Å². The highest BCUT2D eigenvalue weighted by molar-refractivity contribution is 9.10. The van der Waals surface area contributed by atoms with Crippen LogP contribution in [-0.2, 0) is 9.05 Å². The molecule has 0 saturated carbocycles. The highest BCUT2D eigenvalue weighted by Crippen LogP contribution is 2.29. The van der Waals surface area contributed by atoms with Gasteiger partial charge < -0.3 is 4.90 Å². The number of nitrogens with zero attached hydrogens (tertiary/aromatic N) is 1. The summed E-state index contributed by atoms with van der Waals surface area (Å²) >= 11 is 3.25. The number of benzene rings is 1. The Morgan fingerprint density at radius 2 is 2.14 bits per heavy atom. The average Bonchev–Trinajstić information content (AvgIpc) is 2.87. The van der Waals surface area contributed by atoms with Gasteiger partial charge in [-0.25, -0.2) is 8.42 Å². The van der Waals surface area contributed by atoms with E-state index in [4.69, 9.17) is 10.7 Å². The van der Waals surface area contributed by atoms with Crippen molar-refractivity contribution in [3.63, 3.8) is 0 Å². The van der Waals surface area contributed by atoms with Gasteiger partial charge in [0.2, 0.25) is 0 Å². The Bertz CT molecular complexity index is 675. The van der Waals surface area contributed by atoms with Gasteiger partial charge in [0, 0.05) is 33.8 Å². The van der Waals surface area contributed by atoms with Gasteiger partial charge in [-0.05, 0) is 37.0 Å². The van der Waals surface area contributed by atoms with Gasteiger partial charge in [-0.2, -0.15) is 0 Å². The zero-order valence-corrected chi connectivity index (χ0v) is 15.1. The fourth-order valence-corrected chi connectivity index (χ4v) is 4.48. The summed E-state index contributed by atoms with van der Waals surface area (Å²) in [6, 6.07) is 3.08. The van der Waals surface area contributed by atoms with E-state index in [2.05, 4.69) is 22.9 Å². The van der Waals surface area contributed by atoms with E-state index in [0.717, 1.165) is 19.4 Å². The minimum Gasteiger partial charge on any atom is -0.338 e. The number of halogens is 2. The zero-order chi connectivity index (χ0) is 15.8. The molecule has 1 heterocycles. The Balaban J connectivity index is 2.41. The van der Waals surface area contributed by atoms with Crippen LogP contribution in [0, 0.1) is 12.8 Å². The van der Waals surface area contributed by atoms with Crippen molar-refractivity contribution in [2.75, 3.05) is 13.1 Å². The molecule has 0 radical (unpaired) electrons. The molecule has 1 aromatic carbocycles. The summed E-state index contributed by atoms with van der Waals surface area (Å²) in [5.41, 5.74) is 0.790. The molecule has 21 heavy (non-hydrogen) atoms. The van der Waals surface area contributed by atoms with Gasteiger partial charge in [-0.1, -0.05) is 29.3 Å². The standard InChI is InChI=1S/C14H17BrClNO3S/c1-3-10-4-5-17(8-10)14(18)12-6-11(15)7-13(9(12)2)21(16,19)20/h6-7,10H,3-5,8H2,1-2H3. The van der Waals surface area contributed by atoms with Crippen molar-refractivity contribution in [1.82, 2.24) is 4.90 Å². The Kier molecular flexibility index (Phi) is 5.00. The summed E-state index contributed by atoms with van der Waals surface area (Å²) in [6.07, 6.45) is 2.04. The van der Waals surface area contributed by atoms with Crippen LogP contribution < -0.4 is 0 Å². The number of hydrogen-bond acceptors (Lipinski definition) is 3. The fourth-order valence-electron chi connectivity index (χ4n) is 2.65.